The summed E-state index contributed by atoms with van der Waals surface area (Å²) in [6.07, 6.45) is 3.96. The zero-order valence-corrected chi connectivity index (χ0v) is 20.5. The number of amides is 4. The number of carbonyl (C=O) groups is 3. The van der Waals surface area contributed by atoms with E-state index in [2.05, 4.69) is 10.6 Å². The number of nitrogens with one attached hydrogen (secondary N) is 2. The summed E-state index contributed by atoms with van der Waals surface area (Å²) in [6.45, 7) is 1.68. The summed E-state index contributed by atoms with van der Waals surface area (Å²) in [4.78, 5) is 40.1. The summed E-state index contributed by atoms with van der Waals surface area (Å²) in [5, 5.41) is 5.94. The number of urea groups is 1. The van der Waals surface area contributed by atoms with Crippen LogP contribution >= 0.6 is 0 Å². The van der Waals surface area contributed by atoms with Crippen LogP contribution in [0.25, 0.3) is 0 Å². The van der Waals surface area contributed by atoms with Crippen molar-refractivity contribution in [2.24, 2.45) is 5.92 Å². The molecule has 186 valence electrons. The molecule has 0 radical (unpaired) electrons. The van der Waals surface area contributed by atoms with Crippen molar-refractivity contribution in [1.82, 2.24) is 15.5 Å². The molecule has 8 heteroatoms. The predicted molar refractivity (Wildman–Crippen MR) is 131 cm³/mol. The quantitative estimate of drug-likeness (QED) is 0.564. The first kappa shape index (κ1) is 24.6. The monoisotopic (exact) mass is 479 g/mol. The zero-order chi connectivity index (χ0) is 25.0. The van der Waals surface area contributed by atoms with E-state index >= 15 is 0 Å². The second kappa shape index (κ2) is 10.4. The number of ether oxygens (including phenoxy) is 2. The SMILES string of the molecule is COc1ccc(C[C@H](NC(=O)CN2C(=O)N[C@]3(CCCC[C@H]3C)C2=O)c2ccc(OC)cc2)cc1. The molecule has 3 atom stereocenters. The molecule has 2 aromatic carbocycles. The molecule has 1 spiro atoms. The van der Waals surface area contributed by atoms with Crippen molar-refractivity contribution in [3.63, 3.8) is 0 Å². The Morgan fingerprint density at radius 2 is 1.69 bits per heavy atom. The fraction of sp³-hybridized carbons (Fsp3) is 0.444. The van der Waals surface area contributed by atoms with E-state index in [0.29, 0.717) is 12.8 Å². The molecule has 1 saturated carbocycles. The smallest absolute Gasteiger partial charge is 0.325 e. The minimum Gasteiger partial charge on any atom is -0.497 e. The number of benzene rings is 2. The third-order valence-corrected chi connectivity index (χ3v) is 7.26. The molecule has 0 unspecified atom stereocenters. The second-order valence-electron chi connectivity index (χ2n) is 9.39. The third kappa shape index (κ3) is 5.11. The first-order chi connectivity index (χ1) is 16.9. The van der Waals surface area contributed by atoms with Crippen LogP contribution in [0.3, 0.4) is 0 Å². The normalized spacial score (nSPS) is 22.6. The van der Waals surface area contributed by atoms with Gasteiger partial charge >= 0.3 is 6.03 Å². The number of rotatable bonds is 8. The van der Waals surface area contributed by atoms with Crippen molar-refractivity contribution in [2.45, 2.75) is 50.6 Å². The number of hydrogen-bond acceptors (Lipinski definition) is 5. The van der Waals surface area contributed by atoms with Gasteiger partial charge in [-0.2, -0.15) is 0 Å². The van der Waals surface area contributed by atoms with Gasteiger partial charge in [0.05, 0.1) is 20.3 Å². The van der Waals surface area contributed by atoms with Crippen molar-refractivity contribution in [2.75, 3.05) is 20.8 Å². The molecular weight excluding hydrogens is 446 g/mol. The van der Waals surface area contributed by atoms with Gasteiger partial charge < -0.3 is 20.1 Å². The molecule has 35 heavy (non-hydrogen) atoms. The molecule has 8 nitrogen and oxygen atoms in total. The minimum atomic E-state index is -0.881. The number of carbonyl (C=O) groups excluding carboxylic acids is 3. The van der Waals surface area contributed by atoms with Crippen LogP contribution in [0, 0.1) is 5.92 Å². The number of methoxy groups -OCH3 is 2. The Balaban J connectivity index is 1.50. The van der Waals surface area contributed by atoms with Gasteiger partial charge in [0.2, 0.25) is 5.91 Å². The van der Waals surface area contributed by atoms with Gasteiger partial charge in [0.25, 0.3) is 5.91 Å². The van der Waals surface area contributed by atoms with Gasteiger partial charge in [-0.1, -0.05) is 44.0 Å². The van der Waals surface area contributed by atoms with Crippen LogP contribution < -0.4 is 20.1 Å². The lowest BCUT2D eigenvalue weighted by atomic mass is 9.73. The maximum atomic E-state index is 13.3. The second-order valence-corrected chi connectivity index (χ2v) is 9.39. The van der Waals surface area contributed by atoms with E-state index in [0.717, 1.165) is 46.8 Å². The van der Waals surface area contributed by atoms with Crippen molar-refractivity contribution < 1.29 is 23.9 Å². The Labute approximate surface area is 206 Å². The Morgan fingerprint density at radius 1 is 1.06 bits per heavy atom. The Hall–Kier alpha value is -3.55. The number of imide groups is 1. The average molecular weight is 480 g/mol. The van der Waals surface area contributed by atoms with E-state index in [1.807, 2.05) is 55.5 Å². The van der Waals surface area contributed by atoms with E-state index in [1.54, 1.807) is 14.2 Å². The largest absolute Gasteiger partial charge is 0.497 e. The van der Waals surface area contributed by atoms with Crippen molar-refractivity contribution >= 4 is 17.8 Å². The van der Waals surface area contributed by atoms with Crippen molar-refractivity contribution in [1.29, 1.82) is 0 Å². The van der Waals surface area contributed by atoms with Gasteiger partial charge in [-0.05, 0) is 60.6 Å². The highest BCUT2D eigenvalue weighted by molar-refractivity contribution is 6.09. The molecule has 2 N–H and O–H groups in total. The highest BCUT2D eigenvalue weighted by Gasteiger charge is 2.55. The summed E-state index contributed by atoms with van der Waals surface area (Å²) in [5.74, 6) is 0.838. The third-order valence-electron chi connectivity index (χ3n) is 7.26. The maximum absolute atomic E-state index is 13.3. The molecule has 0 bridgehead atoms. The van der Waals surface area contributed by atoms with Crippen LogP contribution in [0.5, 0.6) is 11.5 Å². The van der Waals surface area contributed by atoms with Crippen molar-refractivity contribution in [3.8, 4) is 11.5 Å². The number of hydrogen-bond donors (Lipinski definition) is 2. The van der Waals surface area contributed by atoms with Crippen LogP contribution in [0.2, 0.25) is 0 Å². The predicted octanol–water partition coefficient (Wildman–Crippen LogP) is 3.60. The van der Waals surface area contributed by atoms with Crippen LogP contribution in [-0.2, 0) is 16.0 Å². The lowest BCUT2D eigenvalue weighted by Crippen LogP contribution is -2.54. The zero-order valence-electron chi connectivity index (χ0n) is 20.5. The molecule has 2 fully saturated rings. The summed E-state index contributed by atoms with van der Waals surface area (Å²) in [7, 11) is 3.22. The van der Waals surface area contributed by atoms with Crippen LogP contribution in [0.4, 0.5) is 4.79 Å². The van der Waals surface area contributed by atoms with Crippen LogP contribution in [0.1, 0.15) is 49.8 Å². The van der Waals surface area contributed by atoms with Crippen LogP contribution in [0.15, 0.2) is 48.5 Å². The molecule has 0 aromatic heterocycles. The molecule has 2 aromatic rings. The van der Waals surface area contributed by atoms with Gasteiger partial charge in [0, 0.05) is 0 Å². The lowest BCUT2D eigenvalue weighted by molar-refractivity contribution is -0.137. The fourth-order valence-electron chi connectivity index (χ4n) is 5.11. The van der Waals surface area contributed by atoms with Crippen LogP contribution in [-0.4, -0.2) is 49.0 Å². The van der Waals surface area contributed by atoms with E-state index in [9.17, 15) is 14.4 Å². The first-order valence-corrected chi connectivity index (χ1v) is 12.1. The minimum absolute atomic E-state index is 0.0443. The van der Waals surface area contributed by atoms with E-state index < -0.39 is 11.6 Å². The summed E-state index contributed by atoms with van der Waals surface area (Å²) in [5.41, 5.74) is 1.02. The topological polar surface area (TPSA) is 97.0 Å². The Bertz CT molecular complexity index is 1070. The molecule has 1 aliphatic carbocycles. The standard InChI is InChI=1S/C27H33N3O5/c1-18-6-4-5-15-27(18)25(32)30(26(33)29-27)17-24(31)28-23(20-9-13-22(35-3)14-10-20)16-19-7-11-21(34-2)12-8-19/h7-14,18,23H,4-6,15-17H2,1-3H3,(H,28,31)(H,29,33)/t18-,23+,27+/m1/s1. The highest BCUT2D eigenvalue weighted by atomic mass is 16.5. The van der Waals surface area contributed by atoms with Gasteiger partial charge in [-0.25, -0.2) is 4.79 Å². The summed E-state index contributed by atoms with van der Waals surface area (Å²) >= 11 is 0. The number of nitrogens with zero attached hydrogens (tertiary/aromatic N) is 1. The molecule has 2 aliphatic rings. The Morgan fingerprint density at radius 3 is 2.29 bits per heavy atom. The molecular formula is C27H33N3O5. The van der Waals surface area contributed by atoms with Gasteiger partial charge in [0.1, 0.15) is 23.6 Å². The van der Waals surface area contributed by atoms with E-state index in [-0.39, 0.29) is 30.3 Å². The summed E-state index contributed by atoms with van der Waals surface area (Å²) in [6, 6.07) is 14.3. The molecule has 4 rings (SSSR count). The summed E-state index contributed by atoms with van der Waals surface area (Å²) < 4.78 is 10.5. The highest BCUT2D eigenvalue weighted by Crippen LogP contribution is 2.38. The first-order valence-electron chi connectivity index (χ1n) is 12.1. The lowest BCUT2D eigenvalue weighted by Gasteiger charge is -2.36. The molecule has 1 aliphatic heterocycles. The molecule has 1 saturated heterocycles. The molecule has 4 amide bonds. The van der Waals surface area contributed by atoms with Gasteiger partial charge in [-0.3, -0.25) is 14.5 Å². The van der Waals surface area contributed by atoms with E-state index in [1.165, 1.54) is 0 Å². The van der Waals surface area contributed by atoms with Gasteiger partial charge in [-0.15, -0.1) is 0 Å². The average Bonchev–Trinajstić information content (AvgIpc) is 3.10. The molecule has 1 heterocycles. The van der Waals surface area contributed by atoms with E-state index in [4.69, 9.17) is 9.47 Å². The van der Waals surface area contributed by atoms with Crippen molar-refractivity contribution in [3.05, 3.63) is 59.7 Å². The van der Waals surface area contributed by atoms with Gasteiger partial charge in [0.15, 0.2) is 0 Å². The fourth-order valence-corrected chi connectivity index (χ4v) is 5.11. The maximum Gasteiger partial charge on any atom is 0.325 e. The Kier molecular flexibility index (Phi) is 7.28.